The van der Waals surface area contributed by atoms with Gasteiger partial charge in [0.1, 0.15) is 0 Å². The summed E-state index contributed by atoms with van der Waals surface area (Å²) in [7, 11) is -1.76. The molecule has 0 N–H and O–H groups in total. The zero-order valence-corrected chi connectivity index (χ0v) is 33.3. The van der Waals surface area contributed by atoms with Crippen molar-refractivity contribution >= 4 is 35.3 Å². The molecule has 0 spiro atoms. The minimum absolute atomic E-state index is 0. The molecular weight excluding hydrogens is 831 g/mol. The Morgan fingerprint density at radius 3 is 2.21 bits per heavy atom. The van der Waals surface area contributed by atoms with Crippen LogP contribution in [0.25, 0.3) is 55.8 Å². The van der Waals surface area contributed by atoms with Crippen LogP contribution in [0, 0.1) is 12.1 Å². The fourth-order valence-electron chi connectivity index (χ4n) is 5.99. The van der Waals surface area contributed by atoms with Gasteiger partial charge in [0, 0.05) is 47.6 Å². The van der Waals surface area contributed by atoms with Crippen molar-refractivity contribution < 1.29 is 28.6 Å². The molecule has 0 aliphatic carbocycles. The predicted molar refractivity (Wildman–Crippen MR) is 214 cm³/mol. The van der Waals surface area contributed by atoms with E-state index in [9.17, 15) is 0 Å². The molecule has 0 aliphatic rings. The van der Waals surface area contributed by atoms with E-state index in [1.165, 1.54) is 0 Å². The van der Waals surface area contributed by atoms with Gasteiger partial charge in [0.15, 0.2) is 0 Å². The van der Waals surface area contributed by atoms with Gasteiger partial charge in [-0.15, -0.1) is 54.1 Å². The fraction of sp³-hybridized carbons (Fsp3) is 0.152. The third-order valence-corrected chi connectivity index (χ3v) is 10.7. The molecule has 4 aromatic heterocycles. The molecule has 4 aromatic carbocycles. The van der Waals surface area contributed by atoms with Gasteiger partial charge in [-0.25, -0.2) is 4.98 Å². The summed E-state index contributed by atoms with van der Waals surface area (Å²) in [6, 6.07) is 47.3. The van der Waals surface area contributed by atoms with E-state index in [1.807, 2.05) is 141 Å². The Hall–Kier alpha value is -5.00. The second-order valence-electron chi connectivity index (χ2n) is 13.7. The first-order valence-electron chi connectivity index (χ1n) is 18.6. The fourth-order valence-corrected chi connectivity index (χ4v) is 7.39. The zero-order chi connectivity index (χ0) is 38.1. The molecule has 8 rings (SSSR count). The molecule has 4 heterocycles. The van der Waals surface area contributed by atoms with Crippen LogP contribution in [0.5, 0.6) is 0 Å². The Kier molecular flexibility index (Phi) is 10.2. The number of aromatic nitrogens is 3. The van der Waals surface area contributed by atoms with Crippen LogP contribution < -0.4 is 5.19 Å². The average molecular weight is 875 g/mol. The molecule has 0 unspecified atom stereocenters. The smallest absolute Gasteiger partial charge is 0.216 e. The van der Waals surface area contributed by atoms with Gasteiger partial charge in [-0.05, 0) is 52.6 Å². The summed E-state index contributed by atoms with van der Waals surface area (Å²) < 4.78 is 32.2. The van der Waals surface area contributed by atoms with E-state index in [0.717, 1.165) is 60.9 Å². The number of furan rings is 1. The molecule has 0 amide bonds. The summed E-state index contributed by atoms with van der Waals surface area (Å²) in [5.41, 5.74) is 8.70. The molecule has 4 nitrogen and oxygen atoms in total. The van der Waals surface area contributed by atoms with Crippen molar-refractivity contribution in [2.24, 2.45) is 0 Å². The minimum Gasteiger partial charge on any atom is -0.486 e. The first kappa shape index (κ1) is 32.9. The van der Waals surface area contributed by atoms with Crippen LogP contribution in [-0.2, 0) is 26.5 Å². The van der Waals surface area contributed by atoms with Crippen LogP contribution in [-0.4, -0.2) is 23.0 Å². The molecule has 0 fully saturated rings. The summed E-state index contributed by atoms with van der Waals surface area (Å²) in [6.45, 7) is 10.4. The van der Waals surface area contributed by atoms with Gasteiger partial charge < -0.3 is 14.4 Å². The summed E-state index contributed by atoms with van der Waals surface area (Å²) in [4.78, 5) is 13.9. The van der Waals surface area contributed by atoms with Gasteiger partial charge >= 0.3 is 0 Å². The van der Waals surface area contributed by atoms with Gasteiger partial charge in [0.05, 0.1) is 19.4 Å². The number of rotatable bonds is 7. The summed E-state index contributed by atoms with van der Waals surface area (Å²) in [6.07, 6.45) is 2.05. The van der Waals surface area contributed by atoms with E-state index < -0.39 is 20.3 Å². The Morgan fingerprint density at radius 1 is 0.750 bits per heavy atom. The molecule has 0 bridgehead atoms. The van der Waals surface area contributed by atoms with E-state index in [0.29, 0.717) is 16.9 Å². The summed E-state index contributed by atoms with van der Waals surface area (Å²) in [5.74, 6) is -0.703. The number of nitrogens with zero attached hydrogens (tertiary/aromatic N) is 3. The van der Waals surface area contributed by atoms with Gasteiger partial charge in [0.25, 0.3) is 0 Å². The molecule has 261 valence electrons. The van der Waals surface area contributed by atoms with Crippen LogP contribution in [0.3, 0.4) is 0 Å². The predicted octanol–water partition coefficient (Wildman–Crippen LogP) is 11.3. The Balaban J connectivity index is 0.000000186. The average Bonchev–Trinajstić information content (AvgIpc) is 3.56. The van der Waals surface area contributed by atoms with Crippen LogP contribution in [0.4, 0.5) is 0 Å². The van der Waals surface area contributed by atoms with Crippen molar-refractivity contribution in [2.45, 2.75) is 45.8 Å². The van der Waals surface area contributed by atoms with E-state index in [-0.39, 0.29) is 20.1 Å². The van der Waals surface area contributed by atoms with Crippen LogP contribution in [0.2, 0.25) is 19.6 Å². The van der Waals surface area contributed by atoms with Gasteiger partial charge in [0.2, 0.25) is 5.71 Å². The number of benzene rings is 4. The third kappa shape index (κ3) is 8.21. The molecule has 0 aliphatic heterocycles. The van der Waals surface area contributed by atoms with E-state index >= 15 is 0 Å². The number of hydrogen-bond donors (Lipinski definition) is 0. The van der Waals surface area contributed by atoms with Gasteiger partial charge in [-0.1, -0.05) is 128 Å². The standard InChI is InChI=1S/C25H19N2O.C21H22NSi.Ir/c1-16(2)18-13-14-26-23(15-18)21-10-6-9-19-20-11-12-22(17-7-4-3-5-8-17)27-25(20)28-24(19)21;1-23(2,3)21-16-22-20(18-12-8-5-9-13-18)15-19(21)14-17-10-6-4-7-11-17;/h3-9,11-16H,1-2H3;4-12,15-16H,14H2,1-3H3;/q2*-1;/i16D;14D2;. The third-order valence-electron chi connectivity index (χ3n) is 8.71. The molecule has 0 saturated carbocycles. The Labute approximate surface area is 325 Å². The normalized spacial score (nSPS) is 12.6. The van der Waals surface area contributed by atoms with Crippen molar-refractivity contribution in [3.05, 3.63) is 169 Å². The summed E-state index contributed by atoms with van der Waals surface area (Å²) >= 11 is 0. The largest absolute Gasteiger partial charge is 0.486 e. The summed E-state index contributed by atoms with van der Waals surface area (Å²) in [5, 5.41) is 3.01. The van der Waals surface area contributed by atoms with Crippen LogP contribution in [0.15, 0.2) is 144 Å². The maximum atomic E-state index is 8.84. The number of fused-ring (bicyclic) bond motifs is 3. The van der Waals surface area contributed by atoms with Crippen molar-refractivity contribution in [3.63, 3.8) is 0 Å². The second kappa shape index (κ2) is 16.1. The molecule has 6 heteroatoms. The van der Waals surface area contributed by atoms with Gasteiger partial charge in [-0.3, -0.25) is 0 Å². The quantitative estimate of drug-likeness (QED) is 0.118. The molecule has 0 atom stereocenters. The van der Waals surface area contributed by atoms with Crippen molar-refractivity contribution in [2.75, 3.05) is 0 Å². The van der Waals surface area contributed by atoms with Crippen molar-refractivity contribution in [3.8, 4) is 33.8 Å². The monoisotopic (exact) mass is 875 g/mol. The maximum absolute atomic E-state index is 8.84. The number of hydrogen-bond acceptors (Lipinski definition) is 4. The first-order valence-corrected chi connectivity index (χ1v) is 20.6. The number of pyridine rings is 3. The van der Waals surface area contributed by atoms with E-state index in [2.05, 4.69) is 47.8 Å². The van der Waals surface area contributed by atoms with Gasteiger partial charge in [-0.2, -0.15) is 0 Å². The Bertz CT molecular complexity index is 2550. The minimum atomic E-state index is -1.76. The molecule has 8 aromatic rings. The first-order chi connectivity index (χ1) is 25.8. The second-order valence-corrected chi connectivity index (χ2v) is 18.7. The topological polar surface area (TPSA) is 51.8 Å². The maximum Gasteiger partial charge on any atom is 0.216 e. The van der Waals surface area contributed by atoms with Crippen LogP contribution >= 0.6 is 0 Å². The molecule has 52 heavy (non-hydrogen) atoms. The molecule has 1 radical (unpaired) electrons. The molecule has 0 saturated heterocycles. The van der Waals surface area contributed by atoms with Crippen molar-refractivity contribution in [1.82, 2.24) is 15.0 Å². The van der Waals surface area contributed by atoms with Crippen molar-refractivity contribution in [1.29, 1.82) is 0 Å². The van der Waals surface area contributed by atoms with Crippen LogP contribution in [0.1, 0.15) is 40.5 Å². The Morgan fingerprint density at radius 2 is 1.50 bits per heavy atom. The molecular formula is C46H41IrN3OSi-2. The zero-order valence-electron chi connectivity index (χ0n) is 32.9. The SMILES string of the molecule is [2H]C(C)(C)c1ccnc(-c2[c-]ccc3c2oc2nc(-c4ccccc4)ccc23)c1.[2H]C([2H])(c1ccccc1)c1cc(-c2[c-]cccc2)ncc1[Si](C)(C)C.[Ir]. The van der Waals surface area contributed by atoms with E-state index in [4.69, 9.17) is 13.5 Å². The van der Waals surface area contributed by atoms with E-state index in [1.54, 1.807) is 6.20 Å².